The van der Waals surface area contributed by atoms with E-state index >= 15 is 0 Å². The quantitative estimate of drug-likeness (QED) is 0.805. The molecule has 3 atom stereocenters. The number of nitrogens with zero attached hydrogens (tertiary/aromatic N) is 1. The number of thioether (sulfide) groups is 1. The van der Waals surface area contributed by atoms with Crippen LogP contribution in [0.2, 0.25) is 0 Å². The van der Waals surface area contributed by atoms with Gasteiger partial charge in [0, 0.05) is 42.2 Å². The SMILES string of the molecule is CCCC(C)(CO)CN1CCSC(C)C1C. The Morgan fingerprint density at radius 3 is 2.69 bits per heavy atom. The van der Waals surface area contributed by atoms with Gasteiger partial charge in [0.1, 0.15) is 0 Å². The molecule has 0 amide bonds. The summed E-state index contributed by atoms with van der Waals surface area (Å²) in [5.74, 6) is 1.24. The molecule has 0 aromatic carbocycles. The molecule has 3 heteroatoms. The minimum absolute atomic E-state index is 0.0880. The number of aliphatic hydroxyl groups is 1. The van der Waals surface area contributed by atoms with Gasteiger partial charge in [0.15, 0.2) is 0 Å². The van der Waals surface area contributed by atoms with Crippen molar-refractivity contribution in [3.63, 3.8) is 0 Å². The smallest absolute Gasteiger partial charge is 0.0497 e. The summed E-state index contributed by atoms with van der Waals surface area (Å²) in [6.45, 7) is 11.6. The largest absolute Gasteiger partial charge is 0.396 e. The van der Waals surface area contributed by atoms with Crippen LogP contribution >= 0.6 is 11.8 Å². The van der Waals surface area contributed by atoms with Crippen LogP contribution in [0.4, 0.5) is 0 Å². The summed E-state index contributed by atoms with van der Waals surface area (Å²) in [5, 5.41) is 10.3. The fraction of sp³-hybridized carbons (Fsp3) is 1.00. The maximum absolute atomic E-state index is 9.57. The Labute approximate surface area is 105 Å². The average Bonchev–Trinajstić information content (AvgIpc) is 2.25. The Morgan fingerprint density at radius 2 is 2.12 bits per heavy atom. The number of aliphatic hydroxyl groups excluding tert-OH is 1. The van der Waals surface area contributed by atoms with Crippen molar-refractivity contribution >= 4 is 11.8 Å². The normalized spacial score (nSPS) is 31.3. The highest BCUT2D eigenvalue weighted by molar-refractivity contribution is 8.00. The fourth-order valence-corrected chi connectivity index (χ4v) is 3.68. The van der Waals surface area contributed by atoms with E-state index in [1.807, 2.05) is 0 Å². The molecule has 96 valence electrons. The summed E-state index contributed by atoms with van der Waals surface area (Å²) >= 11 is 2.07. The monoisotopic (exact) mass is 245 g/mol. The molecule has 1 aliphatic rings. The lowest BCUT2D eigenvalue weighted by Gasteiger charge is -2.42. The van der Waals surface area contributed by atoms with Crippen molar-refractivity contribution in [2.45, 2.75) is 51.8 Å². The molecular formula is C13H27NOS. The summed E-state index contributed by atoms with van der Waals surface area (Å²) in [6, 6.07) is 0.640. The van der Waals surface area contributed by atoms with Crippen LogP contribution in [0.1, 0.15) is 40.5 Å². The van der Waals surface area contributed by atoms with Gasteiger partial charge < -0.3 is 5.11 Å². The molecule has 0 aromatic rings. The molecule has 0 spiro atoms. The van der Waals surface area contributed by atoms with Crippen LogP contribution in [0.3, 0.4) is 0 Å². The number of hydrogen-bond donors (Lipinski definition) is 1. The van der Waals surface area contributed by atoms with Crippen molar-refractivity contribution in [3.8, 4) is 0 Å². The molecule has 0 bridgehead atoms. The second kappa shape index (κ2) is 6.27. The summed E-state index contributed by atoms with van der Waals surface area (Å²) in [4.78, 5) is 2.56. The molecule has 0 aliphatic carbocycles. The molecule has 16 heavy (non-hydrogen) atoms. The Kier molecular flexibility index (Phi) is 5.62. The van der Waals surface area contributed by atoms with Crippen molar-refractivity contribution in [2.24, 2.45) is 5.41 Å². The van der Waals surface area contributed by atoms with Crippen molar-refractivity contribution in [1.82, 2.24) is 4.90 Å². The van der Waals surface area contributed by atoms with Crippen molar-refractivity contribution in [2.75, 3.05) is 25.4 Å². The second-order valence-electron chi connectivity index (χ2n) is 5.51. The Hall–Kier alpha value is 0.270. The maximum atomic E-state index is 9.57. The predicted molar refractivity (Wildman–Crippen MR) is 73.1 cm³/mol. The van der Waals surface area contributed by atoms with E-state index in [1.165, 1.54) is 12.3 Å². The molecule has 1 fully saturated rings. The highest BCUT2D eigenvalue weighted by Gasteiger charge is 2.31. The minimum atomic E-state index is 0.0880. The van der Waals surface area contributed by atoms with Gasteiger partial charge >= 0.3 is 0 Å². The summed E-state index contributed by atoms with van der Waals surface area (Å²) < 4.78 is 0. The van der Waals surface area contributed by atoms with E-state index < -0.39 is 0 Å². The molecule has 0 saturated carbocycles. The van der Waals surface area contributed by atoms with Gasteiger partial charge in [-0.2, -0.15) is 11.8 Å². The van der Waals surface area contributed by atoms with E-state index in [2.05, 4.69) is 44.4 Å². The van der Waals surface area contributed by atoms with Crippen LogP contribution in [0.15, 0.2) is 0 Å². The number of rotatable bonds is 5. The van der Waals surface area contributed by atoms with Gasteiger partial charge in [-0.15, -0.1) is 0 Å². The van der Waals surface area contributed by atoms with Crippen molar-refractivity contribution in [1.29, 1.82) is 0 Å². The van der Waals surface area contributed by atoms with E-state index in [0.717, 1.165) is 24.6 Å². The summed E-state index contributed by atoms with van der Waals surface area (Å²) in [7, 11) is 0. The molecule has 2 nitrogen and oxygen atoms in total. The Balaban J connectivity index is 2.56. The molecule has 0 radical (unpaired) electrons. The van der Waals surface area contributed by atoms with Crippen molar-refractivity contribution in [3.05, 3.63) is 0 Å². The molecule has 1 saturated heterocycles. The highest BCUT2D eigenvalue weighted by Crippen LogP contribution is 2.30. The lowest BCUT2D eigenvalue weighted by Crippen LogP contribution is -2.49. The Bertz CT molecular complexity index is 212. The van der Waals surface area contributed by atoms with E-state index in [0.29, 0.717) is 12.6 Å². The molecule has 1 rings (SSSR count). The molecule has 0 aromatic heterocycles. The van der Waals surface area contributed by atoms with Gasteiger partial charge in [-0.05, 0) is 13.3 Å². The molecule has 3 unspecified atom stereocenters. The highest BCUT2D eigenvalue weighted by atomic mass is 32.2. The average molecular weight is 245 g/mol. The van der Waals surface area contributed by atoms with Gasteiger partial charge in [-0.25, -0.2) is 0 Å². The lowest BCUT2D eigenvalue weighted by molar-refractivity contribution is 0.0641. The van der Waals surface area contributed by atoms with Crippen LogP contribution in [0.5, 0.6) is 0 Å². The summed E-state index contributed by atoms with van der Waals surface area (Å²) in [6.07, 6.45) is 2.28. The van der Waals surface area contributed by atoms with E-state index in [4.69, 9.17) is 0 Å². The van der Waals surface area contributed by atoms with Crippen LogP contribution in [0, 0.1) is 5.41 Å². The molecule has 1 aliphatic heterocycles. The van der Waals surface area contributed by atoms with Crippen LogP contribution in [0.25, 0.3) is 0 Å². The first kappa shape index (κ1) is 14.3. The van der Waals surface area contributed by atoms with Gasteiger partial charge in [0.2, 0.25) is 0 Å². The second-order valence-corrected chi connectivity index (χ2v) is 6.99. The standard InChI is InChI=1S/C13H27NOS/c1-5-6-13(4,10-15)9-14-7-8-16-12(3)11(14)2/h11-12,15H,5-10H2,1-4H3. The third-order valence-electron chi connectivity index (χ3n) is 3.83. The lowest BCUT2D eigenvalue weighted by atomic mass is 9.85. The first-order valence-electron chi connectivity index (χ1n) is 6.49. The van der Waals surface area contributed by atoms with Crippen molar-refractivity contribution < 1.29 is 5.11 Å². The zero-order valence-electron chi connectivity index (χ0n) is 11.2. The molecule has 1 heterocycles. The Morgan fingerprint density at radius 1 is 1.44 bits per heavy atom. The van der Waals surface area contributed by atoms with Gasteiger partial charge in [0.25, 0.3) is 0 Å². The first-order valence-corrected chi connectivity index (χ1v) is 7.54. The third-order valence-corrected chi connectivity index (χ3v) is 5.17. The maximum Gasteiger partial charge on any atom is 0.0497 e. The molecular weight excluding hydrogens is 218 g/mol. The van der Waals surface area contributed by atoms with E-state index in [9.17, 15) is 5.11 Å². The fourth-order valence-electron chi connectivity index (χ4n) is 2.52. The summed E-state index contributed by atoms with van der Waals surface area (Å²) in [5.41, 5.74) is 0.0880. The zero-order chi connectivity index (χ0) is 12.2. The van der Waals surface area contributed by atoms with Crippen LogP contribution < -0.4 is 0 Å². The van der Waals surface area contributed by atoms with E-state index in [1.54, 1.807) is 0 Å². The minimum Gasteiger partial charge on any atom is -0.396 e. The van der Waals surface area contributed by atoms with Crippen LogP contribution in [-0.4, -0.2) is 46.7 Å². The predicted octanol–water partition coefficient (Wildman–Crippen LogP) is 2.61. The zero-order valence-corrected chi connectivity index (χ0v) is 12.0. The van der Waals surface area contributed by atoms with E-state index in [-0.39, 0.29) is 5.41 Å². The van der Waals surface area contributed by atoms with Gasteiger partial charge in [0.05, 0.1) is 0 Å². The van der Waals surface area contributed by atoms with Gasteiger partial charge in [-0.3, -0.25) is 4.90 Å². The first-order chi connectivity index (χ1) is 7.52. The molecule has 1 N–H and O–H groups in total. The van der Waals surface area contributed by atoms with Crippen LogP contribution in [-0.2, 0) is 0 Å². The third kappa shape index (κ3) is 3.64. The number of hydrogen-bond acceptors (Lipinski definition) is 3. The van der Waals surface area contributed by atoms with Gasteiger partial charge in [-0.1, -0.05) is 27.2 Å². The topological polar surface area (TPSA) is 23.5 Å².